The Hall–Kier alpha value is -2.38. The molecule has 3 unspecified atom stereocenters. The summed E-state index contributed by atoms with van der Waals surface area (Å²) in [6.07, 6.45) is -1.18. The van der Waals surface area contributed by atoms with E-state index in [1.807, 2.05) is 0 Å². The number of rotatable bonds is 10. The van der Waals surface area contributed by atoms with Crippen LogP contribution in [0.2, 0.25) is 0 Å². The van der Waals surface area contributed by atoms with Crippen molar-refractivity contribution in [2.24, 2.45) is 5.11 Å². The number of aryl methyl sites for hydroxylation is 1. The van der Waals surface area contributed by atoms with Crippen molar-refractivity contribution in [1.82, 2.24) is 9.55 Å². The van der Waals surface area contributed by atoms with Gasteiger partial charge in [-0.1, -0.05) is 23.3 Å². The van der Waals surface area contributed by atoms with Gasteiger partial charge in [0.15, 0.2) is 0 Å². The largest absolute Gasteiger partial charge is 0.488 e. The second kappa shape index (κ2) is 10.9. The molecule has 196 valence electrons. The predicted octanol–water partition coefficient (Wildman–Crippen LogP) is 1.57. The van der Waals surface area contributed by atoms with E-state index in [1.54, 1.807) is 0 Å². The number of phosphoric ester groups is 1. The first kappa shape index (κ1) is 28.2. The van der Waals surface area contributed by atoms with Crippen LogP contribution in [0.5, 0.6) is 0 Å². The Morgan fingerprint density at radius 3 is 2.47 bits per heavy atom. The van der Waals surface area contributed by atoms with Crippen molar-refractivity contribution in [3.63, 3.8) is 0 Å². The standard InChI is InChI=1S/C16H20N5O12P3/c1-10-8-21(16(23)18-15(10)22)14-7-12(19-20-17)13(31-14)9-30-35(26,27)33-36(28,29)32-34(24,25)11-5-3-2-4-6-11/h2-6,8,12-14H,7,9H2,1H3,(H,24,25)(H,26,27)(H,28,29)(H,18,22,23)/t12-,13+,14+/m0/s1. The van der Waals surface area contributed by atoms with Gasteiger partial charge in [-0.2, -0.15) is 4.31 Å². The molecule has 0 amide bonds. The summed E-state index contributed by atoms with van der Waals surface area (Å²) in [7, 11) is -16.0. The summed E-state index contributed by atoms with van der Waals surface area (Å²) in [5, 5.41) is 3.10. The molecule has 1 aliphatic rings. The van der Waals surface area contributed by atoms with Crippen molar-refractivity contribution < 1.29 is 46.3 Å². The van der Waals surface area contributed by atoms with Gasteiger partial charge in [0.1, 0.15) is 6.23 Å². The van der Waals surface area contributed by atoms with Crippen LogP contribution in [0, 0.1) is 6.92 Å². The highest BCUT2D eigenvalue weighted by atomic mass is 31.3. The van der Waals surface area contributed by atoms with Crippen LogP contribution in [0.15, 0.2) is 51.2 Å². The summed E-state index contributed by atoms with van der Waals surface area (Å²) in [5.41, 5.74) is 7.54. The molecule has 6 atom stereocenters. The number of nitrogens with zero attached hydrogens (tertiary/aromatic N) is 4. The molecule has 0 saturated carbocycles. The van der Waals surface area contributed by atoms with Gasteiger partial charge in [-0.3, -0.25) is 23.4 Å². The summed E-state index contributed by atoms with van der Waals surface area (Å²) in [5.74, 6) is 0. The van der Waals surface area contributed by atoms with E-state index in [-0.39, 0.29) is 17.3 Å². The molecule has 1 saturated heterocycles. The van der Waals surface area contributed by atoms with Gasteiger partial charge in [0, 0.05) is 23.1 Å². The van der Waals surface area contributed by atoms with E-state index in [1.165, 1.54) is 31.3 Å². The third kappa shape index (κ3) is 7.10. The van der Waals surface area contributed by atoms with Crippen molar-refractivity contribution in [2.75, 3.05) is 6.61 Å². The number of azide groups is 1. The van der Waals surface area contributed by atoms with Gasteiger partial charge in [-0.05, 0) is 24.6 Å². The summed E-state index contributed by atoms with van der Waals surface area (Å²) in [6.45, 7) is 0.605. The third-order valence-electron chi connectivity index (χ3n) is 4.76. The molecule has 0 aliphatic carbocycles. The number of aromatic amines is 1. The predicted molar refractivity (Wildman–Crippen MR) is 121 cm³/mol. The van der Waals surface area contributed by atoms with E-state index < -0.39 is 59.5 Å². The first-order chi connectivity index (χ1) is 16.7. The van der Waals surface area contributed by atoms with Crippen LogP contribution < -0.4 is 16.6 Å². The zero-order valence-corrected chi connectivity index (χ0v) is 20.9. The van der Waals surface area contributed by atoms with Gasteiger partial charge < -0.3 is 19.4 Å². The number of benzene rings is 1. The number of hydrogen-bond acceptors (Lipinski definition) is 10. The van der Waals surface area contributed by atoms with Gasteiger partial charge in [0.2, 0.25) is 0 Å². The van der Waals surface area contributed by atoms with E-state index in [4.69, 9.17) is 10.3 Å². The molecular formula is C16H20N5O12P3. The highest BCUT2D eigenvalue weighted by Gasteiger charge is 2.43. The van der Waals surface area contributed by atoms with E-state index in [0.29, 0.717) is 0 Å². The smallest absolute Gasteiger partial charge is 0.352 e. The normalized spacial score (nSPS) is 24.7. The topological polar surface area (TPSA) is 252 Å². The number of phosphoric acid groups is 2. The van der Waals surface area contributed by atoms with Gasteiger partial charge in [0.25, 0.3) is 5.56 Å². The van der Waals surface area contributed by atoms with Crippen molar-refractivity contribution in [2.45, 2.75) is 31.7 Å². The Kier molecular flexibility index (Phi) is 8.56. The molecule has 2 heterocycles. The van der Waals surface area contributed by atoms with Crippen LogP contribution in [0.4, 0.5) is 0 Å². The van der Waals surface area contributed by atoms with E-state index in [9.17, 15) is 38.0 Å². The Bertz CT molecular complexity index is 1420. The van der Waals surface area contributed by atoms with Gasteiger partial charge >= 0.3 is 28.9 Å². The fourth-order valence-electron chi connectivity index (χ4n) is 3.16. The molecule has 0 spiro atoms. The summed E-state index contributed by atoms with van der Waals surface area (Å²) in [6, 6.07) is 5.42. The Morgan fingerprint density at radius 1 is 1.17 bits per heavy atom. The molecule has 1 aliphatic heterocycles. The van der Waals surface area contributed by atoms with Crippen molar-refractivity contribution in [3.8, 4) is 0 Å². The second-order valence-electron chi connectivity index (χ2n) is 7.37. The van der Waals surface area contributed by atoms with E-state index in [2.05, 4.69) is 28.2 Å². The van der Waals surface area contributed by atoms with E-state index >= 15 is 0 Å². The number of aromatic nitrogens is 2. The molecule has 3 rings (SSSR count). The monoisotopic (exact) mass is 567 g/mol. The van der Waals surface area contributed by atoms with Crippen LogP contribution in [-0.4, -0.2) is 43.0 Å². The number of H-pyrrole nitrogens is 1. The average Bonchev–Trinajstić information content (AvgIpc) is 3.17. The maximum atomic E-state index is 12.2. The molecule has 36 heavy (non-hydrogen) atoms. The quantitative estimate of drug-likeness (QED) is 0.138. The minimum atomic E-state index is -5.62. The highest BCUT2D eigenvalue weighted by Crippen LogP contribution is 2.67. The molecule has 1 aromatic heterocycles. The summed E-state index contributed by atoms with van der Waals surface area (Å²) in [4.78, 5) is 57.9. The lowest BCUT2D eigenvalue weighted by atomic mass is 10.1. The minimum absolute atomic E-state index is 0.0908. The lowest BCUT2D eigenvalue weighted by Gasteiger charge is -2.21. The SMILES string of the molecule is Cc1cn([C@H]2C[C@H](N=[N+]=[N-])[C@@H](COP(=O)(O)OP(=O)(O)OP(=O)(O)c3ccccc3)O2)c(=O)[nH]c1=O. The molecule has 0 bridgehead atoms. The maximum absolute atomic E-state index is 12.2. The first-order valence-electron chi connectivity index (χ1n) is 9.86. The maximum Gasteiger partial charge on any atom is 0.488 e. The Morgan fingerprint density at radius 2 is 1.83 bits per heavy atom. The minimum Gasteiger partial charge on any atom is -0.352 e. The van der Waals surface area contributed by atoms with Crippen LogP contribution in [0.25, 0.3) is 10.4 Å². The molecule has 1 fully saturated rings. The van der Waals surface area contributed by atoms with Crippen LogP contribution >= 0.6 is 23.2 Å². The molecule has 0 radical (unpaired) electrons. The van der Waals surface area contributed by atoms with Gasteiger partial charge in [0.05, 0.1) is 24.1 Å². The van der Waals surface area contributed by atoms with E-state index in [0.717, 1.165) is 16.7 Å². The average molecular weight is 567 g/mol. The zero-order valence-electron chi connectivity index (χ0n) is 18.3. The Balaban J connectivity index is 1.69. The molecule has 2 aromatic rings. The fourth-order valence-corrected chi connectivity index (χ4v) is 7.16. The lowest BCUT2D eigenvalue weighted by Crippen LogP contribution is -2.33. The van der Waals surface area contributed by atoms with Crippen molar-refractivity contribution in [3.05, 3.63) is 73.4 Å². The second-order valence-corrected chi connectivity index (χ2v) is 12.4. The molecular weight excluding hydrogens is 547 g/mol. The highest BCUT2D eigenvalue weighted by molar-refractivity contribution is 7.71. The Labute approximate surface area is 201 Å². The number of nitrogens with one attached hydrogen (secondary N) is 1. The van der Waals surface area contributed by atoms with Crippen LogP contribution in [0.3, 0.4) is 0 Å². The molecule has 4 N–H and O–H groups in total. The number of hydrogen-bond donors (Lipinski definition) is 4. The molecule has 17 nitrogen and oxygen atoms in total. The van der Waals surface area contributed by atoms with Crippen molar-refractivity contribution in [1.29, 1.82) is 0 Å². The molecule has 20 heteroatoms. The summed E-state index contributed by atoms with van der Waals surface area (Å²) < 4.78 is 56.1. The van der Waals surface area contributed by atoms with Gasteiger partial charge in [-0.15, -0.1) is 0 Å². The van der Waals surface area contributed by atoms with Crippen LogP contribution in [0.1, 0.15) is 18.2 Å². The zero-order chi connectivity index (χ0) is 26.7. The lowest BCUT2D eigenvalue weighted by molar-refractivity contribution is -0.0267. The number of ether oxygens (including phenoxy) is 1. The molecule has 1 aromatic carbocycles. The first-order valence-corrected chi connectivity index (χ1v) is 14.4. The van der Waals surface area contributed by atoms with Crippen LogP contribution in [-0.2, 0) is 31.6 Å². The van der Waals surface area contributed by atoms with Crippen molar-refractivity contribution >= 4 is 28.5 Å². The summed E-state index contributed by atoms with van der Waals surface area (Å²) >= 11 is 0. The fraction of sp³-hybridized carbons (Fsp3) is 0.375. The van der Waals surface area contributed by atoms with Gasteiger partial charge in [-0.25, -0.2) is 18.2 Å². The third-order valence-corrected chi connectivity index (χ3v) is 9.55.